The van der Waals surface area contributed by atoms with Crippen LogP contribution in [0.3, 0.4) is 0 Å². The van der Waals surface area contributed by atoms with Crippen molar-refractivity contribution < 1.29 is 47.9 Å². The molecule has 49 heavy (non-hydrogen) atoms. The third kappa shape index (κ3) is 4.86. The van der Waals surface area contributed by atoms with Gasteiger partial charge >= 0.3 is 5.97 Å². The predicted octanol–water partition coefficient (Wildman–Crippen LogP) is 3.97. The number of likely N-dealkylation sites (tertiary alicyclic amines) is 1. The lowest BCUT2D eigenvalue weighted by atomic mass is 9.75. The number of fused-ring (bicyclic) bond motifs is 5. The van der Waals surface area contributed by atoms with Gasteiger partial charge in [0.05, 0.1) is 25.7 Å². The molecule has 2 N–H and O–H groups in total. The van der Waals surface area contributed by atoms with Gasteiger partial charge in [0, 0.05) is 36.9 Å². The highest BCUT2D eigenvalue weighted by atomic mass is 16.7. The monoisotopic (exact) mass is 672 g/mol. The summed E-state index contributed by atoms with van der Waals surface area (Å²) >= 11 is 0. The van der Waals surface area contributed by atoms with Gasteiger partial charge in [-0.05, 0) is 30.5 Å². The fraction of sp³-hybridized carbons (Fsp3) is 0.432. The molecule has 258 valence electrons. The van der Waals surface area contributed by atoms with Crippen molar-refractivity contribution in [3.8, 4) is 28.7 Å². The Morgan fingerprint density at radius 1 is 1.00 bits per heavy atom. The van der Waals surface area contributed by atoms with E-state index in [1.54, 1.807) is 56.2 Å². The Balaban J connectivity index is 1.54. The van der Waals surface area contributed by atoms with Crippen LogP contribution >= 0.6 is 0 Å². The first-order valence-corrected chi connectivity index (χ1v) is 16.5. The minimum atomic E-state index is -2.24. The normalized spacial score (nSPS) is 27.7. The van der Waals surface area contributed by atoms with Crippen molar-refractivity contribution in [1.29, 1.82) is 0 Å². The van der Waals surface area contributed by atoms with Crippen molar-refractivity contribution in [2.45, 2.75) is 63.0 Å². The van der Waals surface area contributed by atoms with Gasteiger partial charge in [-0.25, -0.2) is 0 Å². The van der Waals surface area contributed by atoms with Crippen molar-refractivity contribution >= 4 is 17.8 Å². The highest BCUT2D eigenvalue weighted by Crippen LogP contribution is 2.70. The number of rotatable bonds is 8. The molecule has 3 heterocycles. The van der Waals surface area contributed by atoms with Gasteiger partial charge in [0.25, 0.3) is 0 Å². The van der Waals surface area contributed by atoms with Gasteiger partial charge in [0.1, 0.15) is 17.7 Å². The van der Waals surface area contributed by atoms with Gasteiger partial charge in [0.15, 0.2) is 28.8 Å². The van der Waals surface area contributed by atoms with Gasteiger partial charge in [-0.3, -0.25) is 14.4 Å². The van der Waals surface area contributed by atoms with Crippen molar-refractivity contribution in [1.82, 2.24) is 10.2 Å². The summed E-state index contributed by atoms with van der Waals surface area (Å²) in [6.45, 7) is 5.08. The smallest absolute Gasteiger partial charge is 0.303 e. The van der Waals surface area contributed by atoms with Gasteiger partial charge in [-0.2, -0.15) is 0 Å². The molecule has 2 bridgehead atoms. The van der Waals surface area contributed by atoms with Crippen molar-refractivity contribution in [3.05, 3.63) is 77.4 Å². The zero-order valence-corrected chi connectivity index (χ0v) is 28.1. The zero-order valence-electron chi connectivity index (χ0n) is 28.1. The number of methoxy groups -OCH3 is 2. The van der Waals surface area contributed by atoms with E-state index in [2.05, 4.69) is 5.32 Å². The van der Waals surface area contributed by atoms with E-state index in [4.69, 9.17) is 28.4 Å². The molecule has 1 saturated carbocycles. The van der Waals surface area contributed by atoms with Crippen LogP contribution in [0.1, 0.15) is 56.2 Å². The number of nitrogens with zero attached hydrogens (tertiary/aromatic N) is 1. The first-order valence-electron chi connectivity index (χ1n) is 16.5. The molecule has 12 heteroatoms. The highest BCUT2D eigenvalue weighted by molar-refractivity contribution is 5.87. The van der Waals surface area contributed by atoms with Crippen LogP contribution in [0.2, 0.25) is 0 Å². The van der Waals surface area contributed by atoms with E-state index < -0.39 is 47.2 Å². The number of nitrogens with one attached hydrogen (secondary N) is 1. The summed E-state index contributed by atoms with van der Waals surface area (Å²) in [7, 11) is 2.98. The SMILES string of the molecule is COc1ccc([C@]23Oc4cc5c(c(OC)c4[C@@](O)([C@H]2OC(C)=O)[C@@H](C(=O)N2CCC[C@@H]2NC(=O)C(C)C)[C@H]3c2ccccc2)OCO5)cc1. The maximum absolute atomic E-state index is 15.4. The van der Waals surface area contributed by atoms with Gasteiger partial charge in [-0.15, -0.1) is 0 Å². The summed E-state index contributed by atoms with van der Waals surface area (Å²) in [5, 5.41) is 16.7. The summed E-state index contributed by atoms with van der Waals surface area (Å²) in [4.78, 5) is 43.0. The molecule has 7 rings (SSSR count). The van der Waals surface area contributed by atoms with Crippen LogP contribution in [-0.2, 0) is 30.3 Å². The molecular weight excluding hydrogens is 632 g/mol. The van der Waals surface area contributed by atoms with Crippen LogP contribution in [0.4, 0.5) is 0 Å². The summed E-state index contributed by atoms with van der Waals surface area (Å²) in [6.07, 6.45) is -0.886. The highest BCUT2D eigenvalue weighted by Gasteiger charge is 2.78. The van der Waals surface area contributed by atoms with Crippen LogP contribution < -0.4 is 29.0 Å². The topological polar surface area (TPSA) is 142 Å². The van der Waals surface area contributed by atoms with Crippen molar-refractivity contribution in [2.24, 2.45) is 11.8 Å². The van der Waals surface area contributed by atoms with E-state index in [1.807, 2.05) is 30.3 Å². The molecule has 1 saturated heterocycles. The quantitative estimate of drug-likeness (QED) is 0.338. The Labute approximate surface area is 284 Å². The second-order valence-corrected chi connectivity index (χ2v) is 13.2. The molecule has 2 fully saturated rings. The van der Waals surface area contributed by atoms with Gasteiger partial charge < -0.3 is 43.7 Å². The number of ether oxygens (including phenoxy) is 6. The minimum Gasteiger partial charge on any atom is -0.497 e. The van der Waals surface area contributed by atoms with Gasteiger partial charge in [0.2, 0.25) is 24.4 Å². The molecule has 0 spiro atoms. The van der Waals surface area contributed by atoms with E-state index in [-0.39, 0.29) is 41.4 Å². The second-order valence-electron chi connectivity index (χ2n) is 13.2. The van der Waals surface area contributed by atoms with E-state index in [9.17, 15) is 14.7 Å². The van der Waals surface area contributed by atoms with E-state index in [0.717, 1.165) is 0 Å². The number of aliphatic hydroxyl groups is 1. The number of hydrogen-bond acceptors (Lipinski definition) is 10. The number of benzene rings is 3. The summed E-state index contributed by atoms with van der Waals surface area (Å²) in [6, 6.07) is 18.0. The summed E-state index contributed by atoms with van der Waals surface area (Å²) < 4.78 is 36.2. The largest absolute Gasteiger partial charge is 0.497 e. The maximum atomic E-state index is 15.4. The minimum absolute atomic E-state index is 0.0932. The molecule has 4 aliphatic rings. The molecule has 0 aromatic heterocycles. The average Bonchev–Trinajstić information content (AvgIpc) is 3.80. The fourth-order valence-electron chi connectivity index (χ4n) is 8.09. The van der Waals surface area contributed by atoms with Crippen LogP contribution in [0.15, 0.2) is 60.7 Å². The third-order valence-electron chi connectivity index (χ3n) is 10.1. The molecule has 3 aliphatic heterocycles. The molecule has 2 amide bonds. The molecule has 3 aromatic rings. The standard InChI is InChI=1S/C37H40N2O10/c1-20(2)33(41)38-27-12-9-17-39(27)34(42)30-28(22-10-7-6-8-11-22)37(23-13-15-24(44-4)16-14-23)35(48-21(3)40)36(30,43)29-25(49-37)18-26-31(32(29)45-5)47-19-46-26/h6-8,10-11,13-16,18,20,27-28,30,35,43H,9,12,17,19H2,1-5H3,(H,38,41)/t27-,28-,30-,35-,36+,37-/m1/s1. The first kappa shape index (κ1) is 32.6. The van der Waals surface area contributed by atoms with Gasteiger partial charge in [-0.1, -0.05) is 56.3 Å². The molecule has 12 nitrogen and oxygen atoms in total. The van der Waals surface area contributed by atoms with Crippen molar-refractivity contribution in [2.75, 3.05) is 27.6 Å². The summed E-state index contributed by atoms with van der Waals surface area (Å²) in [5.74, 6) is -2.43. The maximum Gasteiger partial charge on any atom is 0.303 e. The third-order valence-corrected chi connectivity index (χ3v) is 10.1. The number of esters is 1. The van der Waals surface area contributed by atoms with Crippen LogP contribution in [0.5, 0.6) is 28.7 Å². The molecule has 0 radical (unpaired) electrons. The second kappa shape index (κ2) is 12.2. The lowest BCUT2D eigenvalue weighted by Gasteiger charge is -2.46. The van der Waals surface area contributed by atoms with Crippen molar-refractivity contribution in [3.63, 3.8) is 0 Å². The molecular formula is C37H40N2O10. The lowest BCUT2D eigenvalue weighted by Crippen LogP contribution is -2.57. The number of hydrogen-bond donors (Lipinski definition) is 2. The summed E-state index contributed by atoms with van der Waals surface area (Å²) in [5.41, 5.74) is -2.59. The Bertz CT molecular complexity index is 1780. The predicted molar refractivity (Wildman–Crippen MR) is 174 cm³/mol. The number of amides is 2. The van der Waals surface area contributed by atoms with Crippen LogP contribution in [0.25, 0.3) is 0 Å². The van der Waals surface area contributed by atoms with Crippen LogP contribution in [0, 0.1) is 11.8 Å². The zero-order chi connectivity index (χ0) is 34.7. The lowest BCUT2D eigenvalue weighted by molar-refractivity contribution is -0.196. The number of carbonyl (C=O) groups is 3. The molecule has 0 unspecified atom stereocenters. The molecule has 1 aliphatic carbocycles. The Kier molecular flexibility index (Phi) is 8.09. The average molecular weight is 673 g/mol. The van der Waals surface area contributed by atoms with Crippen LogP contribution in [-0.4, -0.2) is 67.6 Å². The Morgan fingerprint density at radius 3 is 2.39 bits per heavy atom. The van der Waals surface area contributed by atoms with E-state index in [0.29, 0.717) is 42.0 Å². The molecule has 6 atom stereocenters. The fourth-order valence-corrected chi connectivity index (χ4v) is 8.09. The van der Waals surface area contributed by atoms with E-state index >= 15 is 4.79 Å². The molecule has 3 aromatic carbocycles. The Morgan fingerprint density at radius 2 is 1.73 bits per heavy atom. The van der Waals surface area contributed by atoms with E-state index in [1.165, 1.54) is 14.0 Å². The Hall–Kier alpha value is -4.97. The number of carbonyl (C=O) groups excluding carboxylic acids is 3. The first-order chi connectivity index (χ1) is 23.6.